The Kier molecular flexibility index (Phi) is 7.21. The number of nitrogens with zero attached hydrogens (tertiary/aromatic N) is 5. The molecule has 1 aliphatic rings. The maximum atomic E-state index is 14.3. The standard InChI is InChI=1S/C27H24F3N5O3S/c1-3-20(16-9-17(28)11-18(29)10-16)35-23(25-32-14(2)13-39-25)33-24(36)21(27(35)38)26(37)34-8-6-15(12-34)22-19(30)5-4-7-31-22/h4-5,7,9-11,13,15,20,38H,3,6,8,12H2,1-2H3. The first kappa shape index (κ1) is 26.5. The van der Waals surface area contributed by atoms with Gasteiger partial charge in [-0.3, -0.25) is 19.1 Å². The van der Waals surface area contributed by atoms with Gasteiger partial charge in [0.1, 0.15) is 17.5 Å². The van der Waals surface area contributed by atoms with Gasteiger partial charge in [-0.2, -0.15) is 4.98 Å². The molecule has 0 saturated carbocycles. The first-order chi connectivity index (χ1) is 18.7. The van der Waals surface area contributed by atoms with Gasteiger partial charge < -0.3 is 10.0 Å². The minimum absolute atomic E-state index is 0.0291. The molecule has 1 aromatic carbocycles. The van der Waals surface area contributed by atoms with E-state index in [-0.39, 0.29) is 42.5 Å². The summed E-state index contributed by atoms with van der Waals surface area (Å²) in [5.74, 6) is -4.00. The summed E-state index contributed by atoms with van der Waals surface area (Å²) in [6.45, 7) is 3.77. The quantitative estimate of drug-likeness (QED) is 0.366. The Bertz CT molecular complexity index is 1600. The molecule has 0 spiro atoms. The molecule has 0 aliphatic carbocycles. The molecule has 39 heavy (non-hydrogen) atoms. The molecular formula is C27H24F3N5O3S. The molecule has 1 saturated heterocycles. The van der Waals surface area contributed by atoms with Gasteiger partial charge in [-0.1, -0.05) is 6.92 Å². The van der Waals surface area contributed by atoms with Crippen LogP contribution in [0.5, 0.6) is 5.88 Å². The van der Waals surface area contributed by atoms with E-state index in [0.29, 0.717) is 17.1 Å². The minimum atomic E-state index is -0.968. The maximum Gasteiger partial charge on any atom is 0.290 e. The minimum Gasteiger partial charge on any atom is -0.494 e. The van der Waals surface area contributed by atoms with Crippen LogP contribution in [0, 0.1) is 24.4 Å². The number of aryl methyl sites for hydroxylation is 1. The summed E-state index contributed by atoms with van der Waals surface area (Å²) in [5.41, 5.74) is -0.504. The van der Waals surface area contributed by atoms with E-state index < -0.39 is 46.4 Å². The van der Waals surface area contributed by atoms with Gasteiger partial charge in [-0.05, 0) is 49.6 Å². The van der Waals surface area contributed by atoms with Crippen molar-refractivity contribution in [1.82, 2.24) is 24.4 Å². The third-order valence-electron chi connectivity index (χ3n) is 6.74. The highest BCUT2D eigenvalue weighted by Crippen LogP contribution is 2.36. The summed E-state index contributed by atoms with van der Waals surface area (Å²) in [5, 5.41) is 13.5. The Balaban J connectivity index is 1.61. The monoisotopic (exact) mass is 555 g/mol. The van der Waals surface area contributed by atoms with Crippen LogP contribution in [0.3, 0.4) is 0 Å². The molecule has 1 fully saturated rings. The van der Waals surface area contributed by atoms with Crippen LogP contribution >= 0.6 is 11.3 Å². The van der Waals surface area contributed by atoms with Gasteiger partial charge >= 0.3 is 0 Å². The number of halogens is 3. The van der Waals surface area contributed by atoms with Gasteiger partial charge in [-0.15, -0.1) is 11.3 Å². The second-order valence-corrected chi connectivity index (χ2v) is 10.2. The van der Waals surface area contributed by atoms with Crippen LogP contribution in [0.15, 0.2) is 46.7 Å². The number of pyridine rings is 1. The van der Waals surface area contributed by atoms with E-state index in [1.165, 1.54) is 39.1 Å². The lowest BCUT2D eigenvalue weighted by molar-refractivity contribution is 0.0783. The van der Waals surface area contributed by atoms with Crippen LogP contribution < -0.4 is 5.56 Å². The summed E-state index contributed by atoms with van der Waals surface area (Å²) >= 11 is 1.17. The van der Waals surface area contributed by atoms with Crippen molar-refractivity contribution in [2.24, 2.45) is 0 Å². The van der Waals surface area contributed by atoms with Crippen molar-refractivity contribution in [3.05, 3.63) is 92.2 Å². The highest BCUT2D eigenvalue weighted by molar-refractivity contribution is 7.13. The van der Waals surface area contributed by atoms with E-state index in [1.807, 2.05) is 0 Å². The average Bonchev–Trinajstić information content (AvgIpc) is 3.55. The van der Waals surface area contributed by atoms with Crippen molar-refractivity contribution < 1.29 is 23.1 Å². The number of carbonyl (C=O) groups is 1. The molecule has 1 N–H and O–H groups in total. The normalized spacial score (nSPS) is 16.0. The molecule has 5 rings (SSSR count). The smallest absolute Gasteiger partial charge is 0.290 e. The highest BCUT2D eigenvalue weighted by Gasteiger charge is 2.35. The van der Waals surface area contributed by atoms with Crippen molar-refractivity contribution in [2.75, 3.05) is 13.1 Å². The van der Waals surface area contributed by atoms with Gasteiger partial charge in [0.2, 0.25) is 5.88 Å². The van der Waals surface area contributed by atoms with Crippen LogP contribution in [0.1, 0.15) is 59.0 Å². The number of hydrogen-bond acceptors (Lipinski definition) is 7. The number of aromatic hydroxyl groups is 1. The van der Waals surface area contributed by atoms with Gasteiger partial charge in [0.15, 0.2) is 16.4 Å². The molecule has 0 radical (unpaired) electrons. The van der Waals surface area contributed by atoms with Crippen LogP contribution in [-0.2, 0) is 0 Å². The maximum absolute atomic E-state index is 14.3. The molecule has 2 unspecified atom stereocenters. The lowest BCUT2D eigenvalue weighted by atomic mass is 10.0. The average molecular weight is 556 g/mol. The molecule has 4 aromatic rings. The lowest BCUT2D eigenvalue weighted by Crippen LogP contribution is -2.35. The summed E-state index contributed by atoms with van der Waals surface area (Å²) in [6.07, 6.45) is 2.12. The van der Waals surface area contributed by atoms with Gasteiger partial charge in [0.25, 0.3) is 11.5 Å². The number of likely N-dealkylation sites (tertiary alicyclic amines) is 1. The topological polar surface area (TPSA) is 101 Å². The fraction of sp³-hybridized carbons (Fsp3) is 0.296. The Hall–Kier alpha value is -4.06. The second kappa shape index (κ2) is 10.6. The van der Waals surface area contributed by atoms with Crippen molar-refractivity contribution in [3.8, 4) is 16.7 Å². The molecular weight excluding hydrogens is 531 g/mol. The number of amides is 1. The van der Waals surface area contributed by atoms with Crippen LogP contribution in [0.4, 0.5) is 13.2 Å². The van der Waals surface area contributed by atoms with Crippen LogP contribution in [0.2, 0.25) is 0 Å². The zero-order valence-corrected chi connectivity index (χ0v) is 21.9. The summed E-state index contributed by atoms with van der Waals surface area (Å²) in [4.78, 5) is 40.7. The third-order valence-corrected chi connectivity index (χ3v) is 7.70. The van der Waals surface area contributed by atoms with E-state index in [0.717, 1.165) is 18.2 Å². The van der Waals surface area contributed by atoms with E-state index in [4.69, 9.17) is 0 Å². The van der Waals surface area contributed by atoms with Crippen molar-refractivity contribution in [3.63, 3.8) is 0 Å². The molecule has 2 atom stereocenters. The lowest BCUT2D eigenvalue weighted by Gasteiger charge is -2.25. The molecule has 3 aromatic heterocycles. The van der Waals surface area contributed by atoms with Crippen LogP contribution in [0.25, 0.3) is 10.8 Å². The molecule has 8 nitrogen and oxygen atoms in total. The summed E-state index contributed by atoms with van der Waals surface area (Å²) in [7, 11) is 0. The Morgan fingerprint density at radius 2 is 1.95 bits per heavy atom. The summed E-state index contributed by atoms with van der Waals surface area (Å²) in [6, 6.07) is 4.86. The zero-order chi connectivity index (χ0) is 27.8. The number of aromatic nitrogens is 4. The SMILES string of the molecule is CCC(c1cc(F)cc(F)c1)n1c(-c2nc(C)cs2)nc(=O)c(C(=O)N2CCC(c3ncccc3F)C2)c1O. The van der Waals surface area contributed by atoms with Gasteiger partial charge in [-0.25, -0.2) is 18.2 Å². The predicted octanol–water partition coefficient (Wildman–Crippen LogP) is 4.82. The summed E-state index contributed by atoms with van der Waals surface area (Å²) < 4.78 is 43.9. The van der Waals surface area contributed by atoms with Crippen molar-refractivity contribution >= 4 is 17.2 Å². The molecule has 202 valence electrons. The van der Waals surface area contributed by atoms with Crippen LogP contribution in [-0.4, -0.2) is 48.5 Å². The number of benzene rings is 1. The molecule has 12 heteroatoms. The molecule has 0 bridgehead atoms. The largest absolute Gasteiger partial charge is 0.494 e. The predicted molar refractivity (Wildman–Crippen MR) is 138 cm³/mol. The third kappa shape index (κ3) is 5.03. The van der Waals surface area contributed by atoms with E-state index >= 15 is 0 Å². The first-order valence-corrected chi connectivity index (χ1v) is 13.2. The number of rotatable bonds is 6. The van der Waals surface area contributed by atoms with E-state index in [9.17, 15) is 27.9 Å². The number of thiazole rings is 1. The zero-order valence-electron chi connectivity index (χ0n) is 21.1. The van der Waals surface area contributed by atoms with E-state index in [1.54, 1.807) is 19.2 Å². The fourth-order valence-corrected chi connectivity index (χ4v) is 5.75. The van der Waals surface area contributed by atoms with Gasteiger partial charge in [0.05, 0.1) is 11.7 Å². The first-order valence-electron chi connectivity index (χ1n) is 12.3. The van der Waals surface area contributed by atoms with Crippen molar-refractivity contribution in [2.45, 2.75) is 38.6 Å². The number of hydrogen-bond donors (Lipinski definition) is 1. The fourth-order valence-electron chi connectivity index (χ4n) is 4.97. The Morgan fingerprint density at radius 3 is 2.59 bits per heavy atom. The molecule has 4 heterocycles. The highest BCUT2D eigenvalue weighted by atomic mass is 32.1. The Labute approximate surface area is 225 Å². The van der Waals surface area contributed by atoms with E-state index in [2.05, 4.69) is 15.0 Å². The Morgan fingerprint density at radius 1 is 1.21 bits per heavy atom. The van der Waals surface area contributed by atoms with Crippen molar-refractivity contribution in [1.29, 1.82) is 0 Å². The molecule has 1 amide bonds. The number of carbonyl (C=O) groups excluding carboxylic acids is 1. The van der Waals surface area contributed by atoms with Gasteiger partial charge in [0, 0.05) is 42.3 Å². The second-order valence-electron chi connectivity index (χ2n) is 9.34. The molecule has 1 aliphatic heterocycles.